The number of aromatic nitrogens is 5. The highest BCUT2D eigenvalue weighted by molar-refractivity contribution is 6.42. The molecule has 3 aromatic rings. The third-order valence-electron chi connectivity index (χ3n) is 2.40. The lowest BCUT2D eigenvalue weighted by Gasteiger charge is -2.03. The Bertz CT molecular complexity index is 820. The number of benzene rings is 1. The number of halogens is 2. The SMILES string of the molecule is N#Cc1ncn(-c2cnc3cc(Cl)c(Cl)cc3n2)n1. The molecule has 0 N–H and O–H groups in total. The Balaban J connectivity index is 2.16. The smallest absolute Gasteiger partial charge is 0.251 e. The van der Waals surface area contributed by atoms with Crippen LogP contribution in [0.2, 0.25) is 10.0 Å². The number of hydrogen-bond donors (Lipinski definition) is 0. The van der Waals surface area contributed by atoms with Crippen LogP contribution in [0.25, 0.3) is 16.9 Å². The molecular formula is C11H4Cl2N6. The minimum atomic E-state index is 0.0658. The van der Waals surface area contributed by atoms with Gasteiger partial charge in [-0.2, -0.15) is 9.94 Å². The van der Waals surface area contributed by atoms with Crippen LogP contribution in [0.4, 0.5) is 0 Å². The van der Waals surface area contributed by atoms with Gasteiger partial charge in [-0.1, -0.05) is 23.2 Å². The van der Waals surface area contributed by atoms with Crippen molar-refractivity contribution in [1.29, 1.82) is 5.26 Å². The summed E-state index contributed by atoms with van der Waals surface area (Å²) in [6, 6.07) is 5.10. The molecule has 8 heteroatoms. The van der Waals surface area contributed by atoms with Crippen molar-refractivity contribution in [3.63, 3.8) is 0 Å². The zero-order chi connectivity index (χ0) is 13.4. The number of fused-ring (bicyclic) bond motifs is 1. The Morgan fingerprint density at radius 1 is 1.11 bits per heavy atom. The van der Waals surface area contributed by atoms with Gasteiger partial charge < -0.3 is 0 Å². The summed E-state index contributed by atoms with van der Waals surface area (Å²) >= 11 is 11.8. The van der Waals surface area contributed by atoms with E-state index in [4.69, 9.17) is 28.5 Å². The fourth-order valence-electron chi connectivity index (χ4n) is 1.53. The number of rotatable bonds is 1. The lowest BCUT2D eigenvalue weighted by Crippen LogP contribution is -2.00. The van der Waals surface area contributed by atoms with Gasteiger partial charge in [0, 0.05) is 0 Å². The lowest BCUT2D eigenvalue weighted by molar-refractivity contribution is 0.839. The highest BCUT2D eigenvalue weighted by atomic mass is 35.5. The van der Waals surface area contributed by atoms with Crippen molar-refractivity contribution >= 4 is 34.2 Å². The van der Waals surface area contributed by atoms with Gasteiger partial charge in [0.2, 0.25) is 0 Å². The van der Waals surface area contributed by atoms with E-state index in [-0.39, 0.29) is 5.82 Å². The maximum absolute atomic E-state index is 8.68. The van der Waals surface area contributed by atoms with Crippen molar-refractivity contribution < 1.29 is 0 Å². The molecule has 2 heterocycles. The molecule has 0 aliphatic carbocycles. The molecule has 3 rings (SSSR count). The zero-order valence-electron chi connectivity index (χ0n) is 9.25. The molecule has 0 aliphatic heterocycles. The summed E-state index contributed by atoms with van der Waals surface area (Å²) in [5, 5.41) is 13.4. The van der Waals surface area contributed by atoms with Crippen LogP contribution in [0, 0.1) is 11.3 Å². The maximum Gasteiger partial charge on any atom is 0.252 e. The quantitative estimate of drug-likeness (QED) is 0.687. The van der Waals surface area contributed by atoms with Gasteiger partial charge in [0.25, 0.3) is 5.82 Å². The highest BCUT2D eigenvalue weighted by Gasteiger charge is 2.07. The molecule has 19 heavy (non-hydrogen) atoms. The Labute approximate surface area is 117 Å². The molecule has 0 aliphatic rings. The molecule has 0 atom stereocenters. The second-order valence-electron chi connectivity index (χ2n) is 3.61. The molecule has 0 spiro atoms. The van der Waals surface area contributed by atoms with Gasteiger partial charge >= 0.3 is 0 Å². The van der Waals surface area contributed by atoms with Crippen molar-refractivity contribution in [1.82, 2.24) is 24.7 Å². The third-order valence-corrected chi connectivity index (χ3v) is 3.12. The van der Waals surface area contributed by atoms with Crippen LogP contribution in [0.1, 0.15) is 5.82 Å². The summed E-state index contributed by atoms with van der Waals surface area (Å²) in [7, 11) is 0. The number of nitriles is 1. The van der Waals surface area contributed by atoms with Crippen molar-refractivity contribution in [3.05, 3.63) is 40.5 Å². The molecule has 92 valence electrons. The molecule has 2 aromatic heterocycles. The van der Waals surface area contributed by atoms with Gasteiger partial charge in [0.05, 0.1) is 27.3 Å². The lowest BCUT2D eigenvalue weighted by atomic mass is 10.3. The van der Waals surface area contributed by atoms with E-state index in [1.54, 1.807) is 12.1 Å². The van der Waals surface area contributed by atoms with E-state index in [1.807, 2.05) is 6.07 Å². The molecule has 0 amide bonds. The summed E-state index contributed by atoms with van der Waals surface area (Å²) in [5.41, 5.74) is 1.21. The molecule has 0 fully saturated rings. The molecular weight excluding hydrogens is 287 g/mol. The van der Waals surface area contributed by atoms with Gasteiger partial charge in [-0.3, -0.25) is 4.98 Å². The van der Waals surface area contributed by atoms with Crippen LogP contribution >= 0.6 is 23.2 Å². The summed E-state index contributed by atoms with van der Waals surface area (Å²) in [4.78, 5) is 12.4. The number of hydrogen-bond acceptors (Lipinski definition) is 5. The second-order valence-corrected chi connectivity index (χ2v) is 4.42. The van der Waals surface area contributed by atoms with E-state index in [2.05, 4.69) is 20.1 Å². The van der Waals surface area contributed by atoms with E-state index in [1.165, 1.54) is 17.2 Å². The molecule has 0 bridgehead atoms. The Hall–Kier alpha value is -2.23. The molecule has 1 aromatic carbocycles. The topological polar surface area (TPSA) is 80.3 Å². The fraction of sp³-hybridized carbons (Fsp3) is 0. The summed E-state index contributed by atoms with van der Waals surface area (Å²) in [6.45, 7) is 0. The average Bonchev–Trinajstić information content (AvgIpc) is 2.88. The largest absolute Gasteiger partial charge is 0.252 e. The number of nitrogens with zero attached hydrogens (tertiary/aromatic N) is 6. The van der Waals surface area contributed by atoms with Gasteiger partial charge in [0.1, 0.15) is 12.4 Å². The minimum absolute atomic E-state index is 0.0658. The molecule has 6 nitrogen and oxygen atoms in total. The molecule has 0 saturated carbocycles. The predicted octanol–water partition coefficient (Wildman–Crippen LogP) is 2.39. The predicted molar refractivity (Wildman–Crippen MR) is 69.2 cm³/mol. The van der Waals surface area contributed by atoms with E-state index in [9.17, 15) is 0 Å². The van der Waals surface area contributed by atoms with E-state index < -0.39 is 0 Å². The van der Waals surface area contributed by atoms with Crippen molar-refractivity contribution in [2.24, 2.45) is 0 Å². The Kier molecular flexibility index (Phi) is 2.78. The summed E-state index contributed by atoms with van der Waals surface area (Å²) in [5.74, 6) is 0.510. The van der Waals surface area contributed by atoms with Crippen molar-refractivity contribution in [2.45, 2.75) is 0 Å². The first-order valence-corrected chi connectivity index (χ1v) is 5.87. The van der Waals surface area contributed by atoms with Crippen LogP contribution < -0.4 is 0 Å². The van der Waals surface area contributed by atoms with Crippen LogP contribution in [-0.2, 0) is 0 Å². The van der Waals surface area contributed by atoms with Crippen molar-refractivity contribution in [3.8, 4) is 11.9 Å². The van der Waals surface area contributed by atoms with Gasteiger partial charge in [0.15, 0.2) is 5.82 Å². The minimum Gasteiger partial charge on any atom is -0.251 e. The first kappa shape index (κ1) is 11.8. The summed E-state index contributed by atoms with van der Waals surface area (Å²) < 4.78 is 1.37. The van der Waals surface area contributed by atoms with Gasteiger partial charge in [-0.05, 0) is 12.1 Å². The monoisotopic (exact) mass is 290 g/mol. The van der Waals surface area contributed by atoms with Gasteiger partial charge in [-0.15, -0.1) is 5.10 Å². The highest BCUT2D eigenvalue weighted by Crippen LogP contribution is 2.26. The average molecular weight is 291 g/mol. The first-order chi connectivity index (χ1) is 9.17. The first-order valence-electron chi connectivity index (χ1n) is 5.11. The molecule has 0 unspecified atom stereocenters. The Morgan fingerprint density at radius 2 is 1.84 bits per heavy atom. The molecule has 0 radical (unpaired) electrons. The van der Waals surface area contributed by atoms with Crippen LogP contribution in [0.15, 0.2) is 24.7 Å². The maximum atomic E-state index is 8.68. The third kappa shape index (κ3) is 2.10. The van der Waals surface area contributed by atoms with Gasteiger partial charge in [-0.25, -0.2) is 9.97 Å². The fourth-order valence-corrected chi connectivity index (χ4v) is 1.85. The van der Waals surface area contributed by atoms with Crippen LogP contribution in [-0.4, -0.2) is 24.7 Å². The second kappa shape index (κ2) is 4.46. The Morgan fingerprint density at radius 3 is 2.53 bits per heavy atom. The van der Waals surface area contributed by atoms with Crippen LogP contribution in [0.3, 0.4) is 0 Å². The zero-order valence-corrected chi connectivity index (χ0v) is 10.8. The van der Waals surface area contributed by atoms with Crippen LogP contribution in [0.5, 0.6) is 0 Å². The summed E-state index contributed by atoms with van der Waals surface area (Å²) in [6.07, 6.45) is 2.91. The van der Waals surface area contributed by atoms with Crippen molar-refractivity contribution in [2.75, 3.05) is 0 Å². The normalized spacial score (nSPS) is 10.6. The van der Waals surface area contributed by atoms with E-state index >= 15 is 0 Å². The molecule has 0 saturated heterocycles. The standard InChI is InChI=1S/C11H4Cl2N6/c12-6-1-8-9(2-7(6)13)17-11(4-15-8)19-5-16-10(3-14)18-19/h1-2,4-5H. The van der Waals surface area contributed by atoms with E-state index in [0.717, 1.165) is 0 Å². The van der Waals surface area contributed by atoms with E-state index in [0.29, 0.717) is 26.9 Å².